The highest BCUT2D eigenvalue weighted by atomic mass is 16.8. The Kier molecular flexibility index (Phi) is 15.1. The Hall–Kier alpha value is -4.33. The van der Waals surface area contributed by atoms with Gasteiger partial charge < -0.3 is 48.3 Å². The molecule has 60 heavy (non-hydrogen) atoms. The third kappa shape index (κ3) is 14.7. The van der Waals surface area contributed by atoms with Crippen molar-refractivity contribution < 1.29 is 52.3 Å². The maximum Gasteiger partial charge on any atom is 0.413 e. The predicted molar refractivity (Wildman–Crippen MR) is 221 cm³/mol. The molecule has 0 saturated carbocycles. The van der Waals surface area contributed by atoms with Gasteiger partial charge in [0.25, 0.3) is 0 Å². The van der Waals surface area contributed by atoms with Gasteiger partial charge in [-0.05, 0) is 123 Å². The number of hydrogen-bond acceptors (Lipinski definition) is 15. The molecule has 0 unspecified atom stereocenters. The van der Waals surface area contributed by atoms with Crippen molar-refractivity contribution >= 4 is 41.2 Å². The molecule has 2 saturated heterocycles. The van der Waals surface area contributed by atoms with E-state index in [0.29, 0.717) is 50.2 Å². The lowest BCUT2D eigenvalue weighted by Gasteiger charge is -2.31. The highest BCUT2D eigenvalue weighted by Gasteiger charge is 2.56. The van der Waals surface area contributed by atoms with Crippen LogP contribution in [0.5, 0.6) is 0 Å². The van der Waals surface area contributed by atoms with E-state index in [1.54, 1.807) is 85.2 Å². The first-order valence-corrected chi connectivity index (χ1v) is 20.6. The molecule has 4 rings (SSSR count). The minimum Gasteiger partial charge on any atom is -0.458 e. The predicted octanol–water partition coefficient (Wildman–Crippen LogP) is 6.17. The smallest absolute Gasteiger partial charge is 0.413 e. The van der Waals surface area contributed by atoms with Gasteiger partial charge in [-0.25, -0.2) is 34.1 Å². The van der Waals surface area contributed by atoms with Crippen LogP contribution in [0, 0.1) is 0 Å². The van der Waals surface area contributed by atoms with Gasteiger partial charge in [-0.3, -0.25) is 9.88 Å². The zero-order valence-electron chi connectivity index (χ0n) is 38.2. The summed E-state index contributed by atoms with van der Waals surface area (Å²) in [5, 5.41) is 5.39. The van der Waals surface area contributed by atoms with Gasteiger partial charge in [0.05, 0.1) is 6.33 Å². The summed E-state index contributed by atoms with van der Waals surface area (Å²) in [4.78, 5) is 68.7. The third-order valence-corrected chi connectivity index (χ3v) is 8.86. The molecule has 2 aromatic heterocycles. The van der Waals surface area contributed by atoms with Gasteiger partial charge in [0, 0.05) is 26.7 Å². The van der Waals surface area contributed by atoms with Crippen molar-refractivity contribution in [2.45, 2.75) is 175 Å². The number of ether oxygens (including phenoxy) is 7. The van der Waals surface area contributed by atoms with Crippen molar-refractivity contribution in [3.05, 3.63) is 12.7 Å². The van der Waals surface area contributed by atoms with Gasteiger partial charge >= 0.3 is 24.2 Å². The minimum atomic E-state index is -1.02. The maximum atomic E-state index is 13.5. The molecule has 0 aliphatic carbocycles. The van der Waals surface area contributed by atoms with Crippen molar-refractivity contribution in [3.8, 4) is 0 Å². The standard InChI is InChI=1S/C41H68N8O11/c1-37(2,3)57-33(50)25(45-34(51)58-38(4,5)6)18-21-48(20-17-16-19-47(15)36(53)60-40(10,11)12)22-26-28-29(56-41(13,14)55-28)32(54-26)49-24-44-27-30(42-23-43-31(27)49)46-35(52)59-39(7,8)9/h23-26,28-29,32H,16-22H2,1-15H3,(H,45,51)(H,42,43,46,52)/t25-,26+,28+,29+,32+/m0/s1. The van der Waals surface area contributed by atoms with E-state index >= 15 is 0 Å². The van der Waals surface area contributed by atoms with Gasteiger partial charge in [0.1, 0.15) is 53.1 Å². The van der Waals surface area contributed by atoms with Crippen LogP contribution in [0.3, 0.4) is 0 Å². The number of esters is 1. The molecule has 338 valence electrons. The first-order chi connectivity index (χ1) is 27.5. The number of amides is 3. The summed E-state index contributed by atoms with van der Waals surface area (Å²) in [6.45, 7) is 26.6. The summed E-state index contributed by atoms with van der Waals surface area (Å²) in [7, 11) is 1.70. The number of carbonyl (C=O) groups excluding carboxylic acids is 4. The molecular weight excluding hydrogens is 780 g/mol. The SMILES string of the molecule is CN(CCCCN(CC[C@H](NC(=O)OC(C)(C)C)C(=O)OC(C)(C)C)C[C@H]1O[C@@H](n2cnc3c(NC(=O)OC(C)(C)C)ncnc32)[C@@H]2OC(C)(C)O[C@@H]21)C(=O)OC(C)(C)C. The Labute approximate surface area is 353 Å². The molecule has 2 fully saturated rings. The average molecular weight is 849 g/mol. The number of fused-ring (bicyclic) bond motifs is 2. The summed E-state index contributed by atoms with van der Waals surface area (Å²) in [5.41, 5.74) is -2.20. The van der Waals surface area contributed by atoms with Crippen LogP contribution in [0.25, 0.3) is 11.2 Å². The van der Waals surface area contributed by atoms with Crippen molar-refractivity contribution in [3.63, 3.8) is 0 Å². The van der Waals surface area contributed by atoms with Crippen molar-refractivity contribution in [2.24, 2.45) is 0 Å². The third-order valence-electron chi connectivity index (χ3n) is 8.86. The number of nitrogens with zero attached hydrogens (tertiary/aromatic N) is 6. The molecule has 2 aromatic rings. The lowest BCUT2D eigenvalue weighted by molar-refractivity contribution is -0.198. The second kappa shape index (κ2) is 18.7. The number of unbranched alkanes of at least 4 members (excludes halogenated alkanes) is 1. The van der Waals surface area contributed by atoms with Crippen LogP contribution < -0.4 is 10.6 Å². The number of rotatable bonds is 14. The first-order valence-electron chi connectivity index (χ1n) is 20.6. The summed E-state index contributed by atoms with van der Waals surface area (Å²) >= 11 is 0. The number of carbonyl (C=O) groups is 4. The Balaban J connectivity index is 1.59. The van der Waals surface area contributed by atoms with E-state index in [9.17, 15) is 19.2 Å². The number of alkyl carbamates (subject to hydrolysis) is 1. The summed E-state index contributed by atoms with van der Waals surface area (Å²) in [5.74, 6) is -1.36. The molecule has 0 aromatic carbocycles. The zero-order chi connectivity index (χ0) is 45.0. The molecule has 3 amide bonds. The van der Waals surface area contributed by atoms with Gasteiger partial charge in [-0.1, -0.05) is 0 Å². The van der Waals surface area contributed by atoms with Gasteiger partial charge in [-0.15, -0.1) is 0 Å². The van der Waals surface area contributed by atoms with Crippen molar-refractivity contribution in [1.29, 1.82) is 0 Å². The zero-order valence-corrected chi connectivity index (χ0v) is 38.2. The number of nitrogens with one attached hydrogen (secondary N) is 2. The number of hydrogen-bond donors (Lipinski definition) is 2. The highest BCUT2D eigenvalue weighted by Crippen LogP contribution is 2.44. The van der Waals surface area contributed by atoms with E-state index in [4.69, 9.17) is 33.2 Å². The minimum absolute atomic E-state index is 0.172. The average Bonchev–Trinajstić information content (AvgIpc) is 3.72. The Morgan fingerprint density at radius 3 is 1.98 bits per heavy atom. The highest BCUT2D eigenvalue weighted by molar-refractivity contribution is 5.93. The molecule has 4 heterocycles. The topological polar surface area (TPSA) is 207 Å². The Bertz CT molecular complexity index is 1810. The second-order valence-electron chi connectivity index (χ2n) is 19.7. The van der Waals surface area contributed by atoms with E-state index in [0.717, 1.165) is 0 Å². The van der Waals surface area contributed by atoms with Crippen LogP contribution in [-0.2, 0) is 38.0 Å². The molecule has 0 radical (unpaired) electrons. The van der Waals surface area contributed by atoms with Crippen molar-refractivity contribution in [2.75, 3.05) is 38.5 Å². The van der Waals surface area contributed by atoms with Crippen LogP contribution in [-0.4, -0.2) is 139 Å². The summed E-state index contributed by atoms with van der Waals surface area (Å²) in [6, 6.07) is -1.02. The fourth-order valence-electron chi connectivity index (χ4n) is 6.61. The monoisotopic (exact) mass is 849 g/mol. The van der Waals surface area contributed by atoms with E-state index in [-0.39, 0.29) is 12.2 Å². The Morgan fingerprint density at radius 1 is 0.783 bits per heavy atom. The first kappa shape index (κ1) is 48.3. The number of anilines is 1. The maximum absolute atomic E-state index is 13.5. The van der Waals surface area contributed by atoms with Crippen LogP contribution in [0.15, 0.2) is 12.7 Å². The molecule has 19 nitrogen and oxygen atoms in total. The second-order valence-corrected chi connectivity index (χ2v) is 19.7. The molecular formula is C41H68N8O11. The summed E-state index contributed by atoms with van der Waals surface area (Å²) < 4.78 is 43.6. The van der Waals surface area contributed by atoms with E-state index in [2.05, 4.69) is 30.5 Å². The van der Waals surface area contributed by atoms with E-state index < -0.39 is 83.0 Å². The normalized spacial score (nSPS) is 21.0. The molecule has 2 N–H and O–H groups in total. The molecule has 5 atom stereocenters. The van der Waals surface area contributed by atoms with Gasteiger partial charge in [0.15, 0.2) is 29.0 Å². The largest absolute Gasteiger partial charge is 0.458 e. The van der Waals surface area contributed by atoms with Gasteiger partial charge in [0.2, 0.25) is 0 Å². The quantitative estimate of drug-likeness (QED) is 0.124. The van der Waals surface area contributed by atoms with Crippen molar-refractivity contribution in [1.82, 2.24) is 34.6 Å². The molecule has 2 aliphatic heterocycles. The molecule has 0 bridgehead atoms. The lowest BCUT2D eigenvalue weighted by atomic mass is 10.1. The summed E-state index contributed by atoms with van der Waals surface area (Å²) in [6.07, 6.45) is 0.205. The molecule has 19 heteroatoms. The molecule has 2 aliphatic rings. The van der Waals surface area contributed by atoms with E-state index in [1.807, 2.05) is 34.6 Å². The van der Waals surface area contributed by atoms with Gasteiger partial charge in [-0.2, -0.15) is 0 Å². The van der Waals surface area contributed by atoms with E-state index in [1.165, 1.54) is 6.33 Å². The number of imidazole rings is 1. The lowest BCUT2D eigenvalue weighted by Crippen LogP contribution is -2.48. The fraction of sp³-hybridized carbons (Fsp3) is 0.780. The van der Waals surface area contributed by atoms with Crippen LogP contribution in [0.1, 0.15) is 122 Å². The fourth-order valence-corrected chi connectivity index (χ4v) is 6.61. The Morgan fingerprint density at radius 2 is 1.37 bits per heavy atom. The van der Waals surface area contributed by atoms with Crippen LogP contribution in [0.4, 0.5) is 20.2 Å². The van der Waals surface area contributed by atoms with Crippen LogP contribution in [0.2, 0.25) is 0 Å². The molecule has 0 spiro atoms. The number of aromatic nitrogens is 4. The van der Waals surface area contributed by atoms with Crippen LogP contribution >= 0.6 is 0 Å².